The van der Waals surface area contributed by atoms with Crippen molar-refractivity contribution in [2.45, 2.75) is 31.5 Å². The molecule has 2 saturated heterocycles. The Bertz CT molecular complexity index is 466. The van der Waals surface area contributed by atoms with Gasteiger partial charge in [0.05, 0.1) is 18.1 Å². The molecule has 2 atom stereocenters. The highest BCUT2D eigenvalue weighted by atomic mass is 16.5. The number of hydrogen-bond donors (Lipinski definition) is 0. The second-order valence-corrected chi connectivity index (χ2v) is 5.45. The summed E-state index contributed by atoms with van der Waals surface area (Å²) in [5.41, 5.74) is 1.11. The number of hydrogen-bond acceptors (Lipinski definition) is 2. The summed E-state index contributed by atoms with van der Waals surface area (Å²) < 4.78 is 5.80. The quantitative estimate of drug-likeness (QED) is 0.738. The molecule has 2 aliphatic heterocycles. The predicted molar refractivity (Wildman–Crippen MR) is 62.1 cm³/mol. The van der Waals surface area contributed by atoms with E-state index in [9.17, 15) is 4.79 Å². The van der Waals surface area contributed by atoms with Gasteiger partial charge in [-0.3, -0.25) is 4.79 Å². The van der Waals surface area contributed by atoms with E-state index in [0.29, 0.717) is 18.6 Å². The summed E-state index contributed by atoms with van der Waals surface area (Å²) in [4.78, 5) is 14.4. The highest BCUT2D eigenvalue weighted by Crippen LogP contribution is 2.58. The van der Waals surface area contributed by atoms with Gasteiger partial charge in [0.2, 0.25) is 5.91 Å². The van der Waals surface area contributed by atoms with Crippen molar-refractivity contribution in [3.05, 3.63) is 35.9 Å². The molecule has 1 aliphatic carbocycles. The second-order valence-electron chi connectivity index (χ2n) is 5.45. The molecule has 0 radical (unpaired) electrons. The van der Waals surface area contributed by atoms with Crippen LogP contribution in [-0.4, -0.2) is 23.5 Å². The molecule has 17 heavy (non-hydrogen) atoms. The number of carbonyl (C=O) groups excluding carboxylic acids is 1. The van der Waals surface area contributed by atoms with E-state index in [2.05, 4.69) is 0 Å². The molecule has 1 aromatic carbocycles. The third-order valence-corrected chi connectivity index (χ3v) is 4.35. The molecule has 3 aliphatic rings. The average Bonchev–Trinajstić information content (AvgIpc) is 2.94. The van der Waals surface area contributed by atoms with E-state index in [1.165, 1.54) is 0 Å². The number of carbonyl (C=O) groups is 1. The van der Waals surface area contributed by atoms with Crippen LogP contribution >= 0.6 is 0 Å². The van der Waals surface area contributed by atoms with E-state index < -0.39 is 0 Å². The minimum absolute atomic E-state index is 0.0154. The van der Waals surface area contributed by atoms with Crippen molar-refractivity contribution in [3.63, 3.8) is 0 Å². The van der Waals surface area contributed by atoms with Gasteiger partial charge in [0.25, 0.3) is 0 Å². The van der Waals surface area contributed by atoms with Crippen LogP contribution in [0.25, 0.3) is 0 Å². The molecule has 0 aromatic heterocycles. The Morgan fingerprint density at radius 1 is 1.24 bits per heavy atom. The number of benzene rings is 1. The molecular weight excluding hydrogens is 214 g/mol. The smallest absolute Gasteiger partial charge is 0.231 e. The van der Waals surface area contributed by atoms with Gasteiger partial charge in [-0.15, -0.1) is 0 Å². The maximum Gasteiger partial charge on any atom is 0.231 e. The lowest BCUT2D eigenvalue weighted by Crippen LogP contribution is -2.32. The van der Waals surface area contributed by atoms with Gasteiger partial charge in [0.15, 0.2) is 6.23 Å². The van der Waals surface area contributed by atoms with Crippen molar-refractivity contribution in [2.24, 2.45) is 5.41 Å². The van der Waals surface area contributed by atoms with Crippen LogP contribution in [0.15, 0.2) is 30.3 Å². The van der Waals surface area contributed by atoms with E-state index in [-0.39, 0.29) is 11.6 Å². The summed E-state index contributed by atoms with van der Waals surface area (Å²) in [6, 6.07) is 10.4. The maximum absolute atomic E-state index is 12.4. The van der Waals surface area contributed by atoms with E-state index in [1.54, 1.807) is 0 Å². The fourth-order valence-electron chi connectivity index (χ4n) is 3.24. The van der Waals surface area contributed by atoms with E-state index in [0.717, 1.165) is 24.8 Å². The Hall–Kier alpha value is -1.35. The van der Waals surface area contributed by atoms with Crippen molar-refractivity contribution in [3.8, 4) is 0 Å². The Balaban J connectivity index is 1.69. The Morgan fingerprint density at radius 2 is 2.00 bits per heavy atom. The van der Waals surface area contributed by atoms with Crippen LogP contribution in [0.5, 0.6) is 0 Å². The van der Waals surface area contributed by atoms with Crippen molar-refractivity contribution >= 4 is 5.91 Å². The summed E-state index contributed by atoms with van der Waals surface area (Å²) >= 11 is 0. The molecule has 1 spiro atoms. The first kappa shape index (κ1) is 9.66. The zero-order valence-corrected chi connectivity index (χ0v) is 9.63. The molecule has 0 unspecified atom stereocenters. The van der Waals surface area contributed by atoms with E-state index >= 15 is 0 Å². The van der Waals surface area contributed by atoms with Crippen molar-refractivity contribution in [1.29, 1.82) is 0 Å². The monoisotopic (exact) mass is 229 g/mol. The first-order valence-corrected chi connectivity index (χ1v) is 6.30. The lowest BCUT2D eigenvalue weighted by molar-refractivity contribution is -0.138. The van der Waals surface area contributed by atoms with Crippen LogP contribution in [0.3, 0.4) is 0 Å². The van der Waals surface area contributed by atoms with Gasteiger partial charge in [-0.05, 0) is 19.3 Å². The normalized spacial score (nSPS) is 33.2. The molecule has 0 bridgehead atoms. The lowest BCUT2D eigenvalue weighted by Gasteiger charge is -2.23. The van der Waals surface area contributed by atoms with Gasteiger partial charge in [-0.25, -0.2) is 0 Å². The molecule has 88 valence electrons. The summed E-state index contributed by atoms with van der Waals surface area (Å²) in [6.45, 7) is 0.701. The molecule has 3 fully saturated rings. The van der Waals surface area contributed by atoms with Gasteiger partial charge in [0, 0.05) is 5.56 Å². The van der Waals surface area contributed by atoms with Crippen molar-refractivity contribution in [2.75, 3.05) is 6.61 Å². The first-order valence-electron chi connectivity index (χ1n) is 6.30. The third-order valence-electron chi connectivity index (χ3n) is 4.35. The van der Waals surface area contributed by atoms with Gasteiger partial charge in [-0.2, -0.15) is 0 Å². The van der Waals surface area contributed by atoms with Crippen LogP contribution in [0.2, 0.25) is 0 Å². The number of amides is 1. The fourth-order valence-corrected chi connectivity index (χ4v) is 3.24. The SMILES string of the molecule is O=C1N2[C@H](CO[C@@H]2c2ccccc2)CC12CC2. The molecule has 1 aromatic rings. The number of fused-ring (bicyclic) bond motifs is 1. The standard InChI is InChI=1S/C14H15NO2/c16-13-14(6-7-14)8-11-9-17-12(15(11)13)10-4-2-1-3-5-10/h1-5,11-12H,6-9H2/t11-,12+/m0/s1. The van der Waals surface area contributed by atoms with Crippen LogP contribution in [0.4, 0.5) is 0 Å². The van der Waals surface area contributed by atoms with Gasteiger partial charge >= 0.3 is 0 Å². The minimum atomic E-state index is -0.145. The summed E-state index contributed by atoms with van der Waals surface area (Å²) in [5.74, 6) is 0.328. The average molecular weight is 229 g/mol. The summed E-state index contributed by atoms with van der Waals surface area (Å²) in [6.07, 6.45) is 3.03. The van der Waals surface area contributed by atoms with Crippen LogP contribution in [0, 0.1) is 5.41 Å². The number of nitrogens with zero attached hydrogens (tertiary/aromatic N) is 1. The van der Waals surface area contributed by atoms with Crippen molar-refractivity contribution in [1.82, 2.24) is 4.90 Å². The molecule has 4 rings (SSSR count). The van der Waals surface area contributed by atoms with E-state index in [4.69, 9.17) is 4.74 Å². The molecule has 1 saturated carbocycles. The second kappa shape index (κ2) is 3.10. The van der Waals surface area contributed by atoms with Crippen molar-refractivity contribution < 1.29 is 9.53 Å². The van der Waals surface area contributed by atoms with E-state index in [1.807, 2.05) is 35.2 Å². The highest BCUT2D eigenvalue weighted by molar-refractivity contribution is 5.88. The lowest BCUT2D eigenvalue weighted by atomic mass is 10.0. The molecular formula is C14H15NO2. The van der Waals surface area contributed by atoms with Crippen LogP contribution in [0.1, 0.15) is 31.1 Å². The third kappa shape index (κ3) is 1.23. The zero-order valence-electron chi connectivity index (χ0n) is 9.63. The number of rotatable bonds is 1. The first-order chi connectivity index (χ1) is 8.30. The molecule has 3 heteroatoms. The summed E-state index contributed by atoms with van der Waals surface area (Å²) in [7, 11) is 0. The topological polar surface area (TPSA) is 29.5 Å². The van der Waals surface area contributed by atoms with Crippen LogP contribution < -0.4 is 0 Å². The number of ether oxygens (including phenoxy) is 1. The van der Waals surface area contributed by atoms with Crippen LogP contribution in [-0.2, 0) is 9.53 Å². The maximum atomic E-state index is 12.4. The van der Waals surface area contributed by atoms with Gasteiger partial charge in [0.1, 0.15) is 0 Å². The van der Waals surface area contributed by atoms with Gasteiger partial charge < -0.3 is 9.64 Å². The Kier molecular flexibility index (Phi) is 1.76. The molecule has 0 N–H and O–H groups in total. The summed E-state index contributed by atoms with van der Waals surface area (Å²) in [5, 5.41) is 0. The Morgan fingerprint density at radius 3 is 2.71 bits per heavy atom. The largest absolute Gasteiger partial charge is 0.352 e. The molecule has 2 heterocycles. The fraction of sp³-hybridized carbons (Fsp3) is 0.500. The molecule has 1 amide bonds. The zero-order chi connectivity index (χ0) is 11.5. The highest BCUT2D eigenvalue weighted by Gasteiger charge is 2.62. The Labute approximate surface area is 100 Å². The minimum Gasteiger partial charge on any atom is -0.352 e. The van der Waals surface area contributed by atoms with Gasteiger partial charge in [-0.1, -0.05) is 30.3 Å². The molecule has 3 nitrogen and oxygen atoms in total. The predicted octanol–water partition coefficient (Wildman–Crippen LogP) is 2.10.